The minimum absolute atomic E-state index is 0.176. The van der Waals surface area contributed by atoms with E-state index >= 15 is 0 Å². The van der Waals surface area contributed by atoms with Crippen molar-refractivity contribution >= 4 is 29.2 Å². The van der Waals surface area contributed by atoms with Crippen LogP contribution in [-0.4, -0.2) is 29.4 Å². The minimum Gasteiger partial charge on any atom is -0.467 e. The number of carbonyl (C=O) groups is 2. The summed E-state index contributed by atoms with van der Waals surface area (Å²) in [5.41, 5.74) is 0.606. The van der Waals surface area contributed by atoms with Gasteiger partial charge in [0.25, 0.3) is 0 Å². The molecule has 0 spiro atoms. The molecule has 0 unspecified atom stereocenters. The Balaban J connectivity index is 1.59. The first-order chi connectivity index (χ1) is 11.6. The molecule has 2 heterocycles. The summed E-state index contributed by atoms with van der Waals surface area (Å²) in [6.07, 6.45) is 3.00. The van der Waals surface area contributed by atoms with E-state index in [0.29, 0.717) is 36.0 Å². The Hall–Kier alpha value is -2.47. The highest BCUT2D eigenvalue weighted by molar-refractivity contribution is 6.30. The zero-order chi connectivity index (χ0) is 16.9. The number of rotatable bonds is 4. The Bertz CT molecular complexity index is 718. The van der Waals surface area contributed by atoms with E-state index in [-0.39, 0.29) is 11.9 Å². The lowest BCUT2D eigenvalue weighted by atomic mass is 10.2. The summed E-state index contributed by atoms with van der Waals surface area (Å²) in [5.74, 6) is 0.501. The smallest absolute Gasteiger partial charge is 0.322 e. The molecule has 1 fully saturated rings. The molecule has 1 aromatic heterocycles. The van der Waals surface area contributed by atoms with Crippen LogP contribution in [0.3, 0.4) is 0 Å². The molecule has 126 valence electrons. The quantitative estimate of drug-likeness (QED) is 0.891. The van der Waals surface area contributed by atoms with E-state index in [9.17, 15) is 9.59 Å². The lowest BCUT2D eigenvalue weighted by molar-refractivity contribution is -0.124. The Morgan fingerprint density at radius 1 is 1.29 bits per heavy atom. The molecule has 2 aromatic rings. The van der Waals surface area contributed by atoms with E-state index in [1.54, 1.807) is 47.6 Å². The van der Waals surface area contributed by atoms with Crippen molar-refractivity contribution in [3.8, 4) is 0 Å². The number of carbonyl (C=O) groups excluding carboxylic acids is 2. The second-order valence-corrected chi connectivity index (χ2v) is 6.03. The highest BCUT2D eigenvalue weighted by Gasteiger charge is 2.34. The van der Waals surface area contributed by atoms with Crippen LogP contribution in [0.5, 0.6) is 0 Å². The van der Waals surface area contributed by atoms with Crippen molar-refractivity contribution < 1.29 is 14.0 Å². The van der Waals surface area contributed by atoms with Gasteiger partial charge in [-0.2, -0.15) is 0 Å². The van der Waals surface area contributed by atoms with Gasteiger partial charge in [0.15, 0.2) is 0 Å². The number of halogens is 1. The lowest BCUT2D eigenvalue weighted by Crippen LogP contribution is -2.47. The zero-order valence-corrected chi connectivity index (χ0v) is 13.8. The van der Waals surface area contributed by atoms with Crippen molar-refractivity contribution in [3.05, 3.63) is 53.4 Å². The zero-order valence-electron chi connectivity index (χ0n) is 13.0. The number of hydrogen-bond acceptors (Lipinski definition) is 3. The molecule has 2 N–H and O–H groups in total. The topological polar surface area (TPSA) is 74.6 Å². The first kappa shape index (κ1) is 16.4. The van der Waals surface area contributed by atoms with Crippen molar-refractivity contribution in [2.24, 2.45) is 0 Å². The van der Waals surface area contributed by atoms with Crippen LogP contribution in [0.1, 0.15) is 18.6 Å². The molecule has 1 atom stereocenters. The van der Waals surface area contributed by atoms with Gasteiger partial charge in [-0.25, -0.2) is 4.79 Å². The number of likely N-dealkylation sites (tertiary alicyclic amines) is 1. The Morgan fingerprint density at radius 3 is 2.92 bits per heavy atom. The third kappa shape index (κ3) is 3.89. The molecule has 24 heavy (non-hydrogen) atoms. The molecule has 1 aliphatic heterocycles. The third-order valence-electron chi connectivity index (χ3n) is 3.91. The van der Waals surface area contributed by atoms with Crippen LogP contribution in [0.15, 0.2) is 47.1 Å². The molecular formula is C17H18ClN3O3. The standard InChI is InChI=1S/C17H18ClN3O3/c18-12-4-1-5-13(10-12)20-17(23)21-8-2-7-15(21)16(22)19-11-14-6-3-9-24-14/h1,3-6,9-10,15H,2,7-8,11H2,(H,19,22)(H,20,23)/t15-/m1/s1. The van der Waals surface area contributed by atoms with Crippen molar-refractivity contribution in [1.29, 1.82) is 0 Å². The van der Waals surface area contributed by atoms with E-state index < -0.39 is 6.04 Å². The fraction of sp³-hybridized carbons (Fsp3) is 0.294. The van der Waals surface area contributed by atoms with Crippen LogP contribution in [0.25, 0.3) is 0 Å². The van der Waals surface area contributed by atoms with E-state index in [1.807, 2.05) is 0 Å². The summed E-state index contributed by atoms with van der Waals surface area (Å²) < 4.78 is 5.19. The first-order valence-electron chi connectivity index (χ1n) is 7.77. The summed E-state index contributed by atoms with van der Waals surface area (Å²) >= 11 is 5.92. The molecule has 3 rings (SSSR count). The van der Waals surface area contributed by atoms with E-state index in [2.05, 4.69) is 10.6 Å². The van der Waals surface area contributed by atoms with Crippen LogP contribution < -0.4 is 10.6 Å². The van der Waals surface area contributed by atoms with Crippen LogP contribution in [0.2, 0.25) is 5.02 Å². The molecule has 0 aliphatic carbocycles. The Labute approximate surface area is 144 Å². The average Bonchev–Trinajstić information content (AvgIpc) is 3.24. The van der Waals surface area contributed by atoms with Gasteiger partial charge in [0.1, 0.15) is 11.8 Å². The number of furan rings is 1. The summed E-state index contributed by atoms with van der Waals surface area (Å²) in [4.78, 5) is 26.4. The van der Waals surface area contributed by atoms with E-state index in [1.165, 1.54) is 0 Å². The maximum Gasteiger partial charge on any atom is 0.322 e. The van der Waals surface area contributed by atoms with Gasteiger partial charge in [-0.3, -0.25) is 4.79 Å². The number of nitrogens with one attached hydrogen (secondary N) is 2. The number of anilines is 1. The van der Waals surface area contributed by atoms with Crippen LogP contribution in [0.4, 0.5) is 10.5 Å². The first-order valence-corrected chi connectivity index (χ1v) is 8.14. The third-order valence-corrected chi connectivity index (χ3v) is 4.14. The van der Waals surface area contributed by atoms with Gasteiger partial charge < -0.3 is 20.0 Å². The van der Waals surface area contributed by atoms with Crippen molar-refractivity contribution in [2.75, 3.05) is 11.9 Å². The van der Waals surface area contributed by atoms with Gasteiger partial charge in [0.05, 0.1) is 12.8 Å². The molecule has 0 bridgehead atoms. The molecule has 0 radical (unpaired) electrons. The fourth-order valence-electron chi connectivity index (χ4n) is 2.75. The van der Waals surface area contributed by atoms with Gasteiger partial charge in [-0.05, 0) is 43.2 Å². The van der Waals surface area contributed by atoms with Crippen LogP contribution in [0, 0.1) is 0 Å². The van der Waals surface area contributed by atoms with E-state index in [0.717, 1.165) is 6.42 Å². The largest absolute Gasteiger partial charge is 0.467 e. The van der Waals surface area contributed by atoms with Gasteiger partial charge >= 0.3 is 6.03 Å². The second kappa shape index (κ2) is 7.40. The number of benzene rings is 1. The molecule has 6 nitrogen and oxygen atoms in total. The molecular weight excluding hydrogens is 330 g/mol. The molecule has 1 aromatic carbocycles. The maximum absolute atomic E-state index is 12.4. The molecule has 1 saturated heterocycles. The number of nitrogens with zero attached hydrogens (tertiary/aromatic N) is 1. The number of urea groups is 1. The predicted molar refractivity (Wildman–Crippen MR) is 90.8 cm³/mol. The second-order valence-electron chi connectivity index (χ2n) is 5.59. The van der Waals surface area contributed by atoms with E-state index in [4.69, 9.17) is 16.0 Å². The van der Waals surface area contributed by atoms with Crippen molar-refractivity contribution in [1.82, 2.24) is 10.2 Å². The predicted octanol–water partition coefficient (Wildman–Crippen LogP) is 3.25. The molecule has 7 heteroatoms. The Morgan fingerprint density at radius 2 is 2.17 bits per heavy atom. The summed E-state index contributed by atoms with van der Waals surface area (Å²) in [6, 6.07) is 9.70. The monoisotopic (exact) mass is 347 g/mol. The average molecular weight is 348 g/mol. The molecule has 1 aliphatic rings. The van der Waals surface area contributed by atoms with Crippen molar-refractivity contribution in [2.45, 2.75) is 25.4 Å². The number of amides is 3. The van der Waals surface area contributed by atoms with Crippen LogP contribution >= 0.6 is 11.6 Å². The Kier molecular flexibility index (Phi) is 5.05. The van der Waals surface area contributed by atoms with Gasteiger partial charge in [0, 0.05) is 17.3 Å². The highest BCUT2D eigenvalue weighted by Crippen LogP contribution is 2.20. The van der Waals surface area contributed by atoms with Gasteiger partial charge in [0.2, 0.25) is 5.91 Å². The van der Waals surface area contributed by atoms with Gasteiger partial charge in [-0.1, -0.05) is 17.7 Å². The SMILES string of the molecule is O=C(NCc1ccco1)[C@H]1CCCN1C(=O)Nc1cccc(Cl)c1. The normalized spacial score (nSPS) is 16.9. The summed E-state index contributed by atoms with van der Waals surface area (Å²) in [7, 11) is 0. The fourth-order valence-corrected chi connectivity index (χ4v) is 2.94. The summed E-state index contributed by atoms with van der Waals surface area (Å²) in [6.45, 7) is 0.858. The van der Waals surface area contributed by atoms with Crippen molar-refractivity contribution in [3.63, 3.8) is 0 Å². The minimum atomic E-state index is -0.473. The summed E-state index contributed by atoms with van der Waals surface area (Å²) in [5, 5.41) is 6.14. The molecule has 0 saturated carbocycles. The van der Waals surface area contributed by atoms with Crippen LogP contribution in [-0.2, 0) is 11.3 Å². The highest BCUT2D eigenvalue weighted by atomic mass is 35.5. The lowest BCUT2D eigenvalue weighted by Gasteiger charge is -2.24. The maximum atomic E-state index is 12.4. The molecule has 3 amide bonds. The number of hydrogen-bond donors (Lipinski definition) is 2. The van der Waals surface area contributed by atoms with Gasteiger partial charge in [-0.15, -0.1) is 0 Å².